The number of nitro groups is 1. The minimum Gasteiger partial charge on any atom is -0.497 e. The molecule has 0 spiro atoms. The number of nitrogens with two attached hydrogens (primary N) is 1. The average molecular weight is 449 g/mol. The van der Waals surface area contributed by atoms with Gasteiger partial charge in [0.1, 0.15) is 40.6 Å². The van der Waals surface area contributed by atoms with Crippen LogP contribution in [0.2, 0.25) is 0 Å². The lowest BCUT2D eigenvalue weighted by atomic mass is 9.96. The van der Waals surface area contributed by atoms with Crippen molar-refractivity contribution in [1.29, 1.82) is 10.5 Å². The smallest absolute Gasteiger partial charge is 0.270 e. The van der Waals surface area contributed by atoms with Crippen molar-refractivity contribution < 1.29 is 14.4 Å². The van der Waals surface area contributed by atoms with Crippen LogP contribution in [0.3, 0.4) is 0 Å². The highest BCUT2D eigenvalue weighted by molar-refractivity contribution is 7.99. The van der Waals surface area contributed by atoms with Crippen molar-refractivity contribution >= 4 is 23.3 Å². The first-order chi connectivity index (χ1) is 15.3. The minimum absolute atomic E-state index is 0.0793. The summed E-state index contributed by atoms with van der Waals surface area (Å²) in [7, 11) is 2.99. The van der Waals surface area contributed by atoms with Crippen LogP contribution < -0.4 is 20.8 Å². The largest absolute Gasteiger partial charge is 0.497 e. The Balaban J connectivity index is 2.36. The molecule has 0 atom stereocenters. The summed E-state index contributed by atoms with van der Waals surface area (Å²) in [5.41, 5.74) is 4.24. The van der Waals surface area contributed by atoms with Crippen LogP contribution in [0, 0.1) is 32.8 Å². The molecule has 32 heavy (non-hydrogen) atoms. The van der Waals surface area contributed by atoms with Gasteiger partial charge >= 0.3 is 0 Å². The standard InChI is InChI=1S/C21H15N5O5S/c1-30-12-4-5-16(31-2)18(8-12)32-17-6-3-11(26(28)29)7-13(17)19-14(9-22)20(24)25-21(27)15(19)10-23/h3-8H,1-2H3,(H3,24,25,27). The van der Waals surface area contributed by atoms with E-state index in [1.807, 2.05) is 6.07 Å². The summed E-state index contributed by atoms with van der Waals surface area (Å²) in [6.45, 7) is 0. The molecule has 0 bridgehead atoms. The first-order valence-corrected chi connectivity index (χ1v) is 9.70. The van der Waals surface area contributed by atoms with Crippen molar-refractivity contribution in [3.8, 4) is 34.8 Å². The number of nitriles is 2. The van der Waals surface area contributed by atoms with E-state index in [0.717, 1.165) is 11.8 Å². The molecule has 3 rings (SSSR count). The second-order valence-corrected chi connectivity index (χ2v) is 7.36. The van der Waals surface area contributed by atoms with Crippen LogP contribution in [0.25, 0.3) is 11.1 Å². The number of ether oxygens (including phenoxy) is 2. The maximum Gasteiger partial charge on any atom is 0.270 e. The molecule has 160 valence electrons. The zero-order valence-corrected chi connectivity index (χ0v) is 17.6. The Morgan fingerprint density at radius 2 is 1.78 bits per heavy atom. The Morgan fingerprint density at radius 1 is 1.06 bits per heavy atom. The lowest BCUT2D eigenvalue weighted by Gasteiger charge is -2.15. The average Bonchev–Trinajstić information content (AvgIpc) is 2.78. The van der Waals surface area contributed by atoms with E-state index in [1.165, 1.54) is 32.4 Å². The maximum atomic E-state index is 12.4. The number of aromatic amines is 1. The van der Waals surface area contributed by atoms with Gasteiger partial charge in [0.2, 0.25) is 0 Å². The zero-order valence-electron chi connectivity index (χ0n) is 16.8. The zero-order chi connectivity index (χ0) is 23.4. The van der Waals surface area contributed by atoms with Crippen molar-refractivity contribution in [2.75, 3.05) is 20.0 Å². The number of rotatable bonds is 6. The minimum atomic E-state index is -0.805. The summed E-state index contributed by atoms with van der Waals surface area (Å²) in [6.07, 6.45) is 0. The van der Waals surface area contributed by atoms with E-state index in [4.69, 9.17) is 15.2 Å². The molecule has 0 saturated carbocycles. The quantitative estimate of drug-likeness (QED) is 0.423. The first kappa shape index (κ1) is 22.2. The molecular weight excluding hydrogens is 434 g/mol. The van der Waals surface area contributed by atoms with Gasteiger partial charge in [0.15, 0.2) is 0 Å². The van der Waals surface area contributed by atoms with Gasteiger partial charge in [0.25, 0.3) is 11.2 Å². The molecular formula is C21H15N5O5S. The van der Waals surface area contributed by atoms with Crippen molar-refractivity contribution in [3.05, 3.63) is 68.0 Å². The normalized spacial score (nSPS) is 10.1. The molecule has 2 aromatic carbocycles. The van der Waals surface area contributed by atoms with Gasteiger partial charge in [-0.25, -0.2) is 0 Å². The van der Waals surface area contributed by atoms with Gasteiger partial charge in [-0.05, 0) is 24.3 Å². The first-order valence-electron chi connectivity index (χ1n) is 8.89. The predicted octanol–water partition coefficient (Wildman–Crippen LogP) is 3.44. The number of nitro benzene ring substituents is 1. The Kier molecular flexibility index (Phi) is 6.33. The molecule has 0 unspecified atom stereocenters. The Hall–Kier alpha value is -4.48. The number of nitrogens with zero attached hydrogens (tertiary/aromatic N) is 3. The Morgan fingerprint density at radius 3 is 2.38 bits per heavy atom. The van der Waals surface area contributed by atoms with Crippen LogP contribution >= 0.6 is 11.8 Å². The number of aromatic nitrogens is 1. The fourth-order valence-corrected chi connectivity index (χ4v) is 4.08. The molecule has 0 fully saturated rings. The summed E-state index contributed by atoms with van der Waals surface area (Å²) in [4.78, 5) is 26.5. The predicted molar refractivity (Wildman–Crippen MR) is 117 cm³/mol. The number of nitrogens with one attached hydrogen (secondary N) is 1. The van der Waals surface area contributed by atoms with Gasteiger partial charge in [-0.1, -0.05) is 11.8 Å². The third kappa shape index (κ3) is 4.05. The van der Waals surface area contributed by atoms with Gasteiger partial charge in [0, 0.05) is 28.2 Å². The SMILES string of the molecule is COc1ccc(OC)c(Sc2ccc([N+](=O)[O-])cc2-c2c(C#N)c(N)[nH]c(=O)c2C#N)c1. The number of pyridine rings is 1. The van der Waals surface area contributed by atoms with Crippen LogP contribution in [0.4, 0.5) is 11.5 Å². The molecule has 0 aliphatic carbocycles. The lowest BCUT2D eigenvalue weighted by molar-refractivity contribution is -0.384. The Bertz CT molecular complexity index is 1370. The topological polar surface area (TPSA) is 168 Å². The molecule has 1 heterocycles. The number of nitrogen functional groups attached to an aromatic ring is 1. The lowest BCUT2D eigenvalue weighted by Crippen LogP contribution is -2.16. The van der Waals surface area contributed by atoms with Crippen molar-refractivity contribution in [2.24, 2.45) is 0 Å². The summed E-state index contributed by atoms with van der Waals surface area (Å²) >= 11 is 1.16. The van der Waals surface area contributed by atoms with E-state index in [9.17, 15) is 25.4 Å². The highest BCUT2D eigenvalue weighted by Crippen LogP contribution is 2.44. The molecule has 0 aliphatic heterocycles. The van der Waals surface area contributed by atoms with E-state index >= 15 is 0 Å². The summed E-state index contributed by atoms with van der Waals surface area (Å²) in [6, 6.07) is 12.7. The number of hydrogen-bond acceptors (Lipinski definition) is 9. The Labute approximate surface area is 186 Å². The fraction of sp³-hybridized carbons (Fsp3) is 0.0952. The molecule has 3 N–H and O–H groups in total. The fourth-order valence-electron chi connectivity index (χ4n) is 3.01. The number of methoxy groups -OCH3 is 2. The molecule has 10 nitrogen and oxygen atoms in total. The molecule has 0 saturated heterocycles. The number of anilines is 1. The van der Waals surface area contributed by atoms with Crippen molar-refractivity contribution in [2.45, 2.75) is 9.79 Å². The van der Waals surface area contributed by atoms with Crippen molar-refractivity contribution in [1.82, 2.24) is 4.98 Å². The summed E-state index contributed by atoms with van der Waals surface area (Å²) < 4.78 is 10.6. The van der Waals surface area contributed by atoms with Crippen LogP contribution in [0.5, 0.6) is 11.5 Å². The van der Waals surface area contributed by atoms with Gasteiger partial charge in [-0.2, -0.15) is 10.5 Å². The van der Waals surface area contributed by atoms with E-state index in [2.05, 4.69) is 4.98 Å². The van der Waals surface area contributed by atoms with E-state index in [0.29, 0.717) is 21.3 Å². The van der Waals surface area contributed by atoms with Crippen molar-refractivity contribution in [3.63, 3.8) is 0 Å². The third-order valence-corrected chi connectivity index (χ3v) is 5.62. The van der Waals surface area contributed by atoms with Gasteiger partial charge in [-0.3, -0.25) is 14.9 Å². The highest BCUT2D eigenvalue weighted by atomic mass is 32.2. The number of benzene rings is 2. The van der Waals surface area contributed by atoms with E-state index in [1.54, 1.807) is 24.3 Å². The number of non-ortho nitro benzene ring substituents is 1. The summed E-state index contributed by atoms with van der Waals surface area (Å²) in [5.74, 6) is 0.812. The molecule has 0 aliphatic rings. The van der Waals surface area contributed by atoms with Crippen LogP contribution in [-0.2, 0) is 0 Å². The number of hydrogen-bond donors (Lipinski definition) is 2. The molecule has 1 aromatic heterocycles. The molecule has 0 amide bonds. The third-order valence-electron chi connectivity index (χ3n) is 4.50. The molecule has 0 radical (unpaired) electrons. The van der Waals surface area contributed by atoms with E-state index in [-0.39, 0.29) is 33.8 Å². The van der Waals surface area contributed by atoms with Crippen LogP contribution in [0.15, 0.2) is 51.0 Å². The van der Waals surface area contributed by atoms with Gasteiger partial charge in [-0.15, -0.1) is 0 Å². The van der Waals surface area contributed by atoms with E-state index < -0.39 is 10.5 Å². The monoisotopic (exact) mass is 449 g/mol. The second-order valence-electron chi connectivity index (χ2n) is 6.27. The second kappa shape index (κ2) is 9.12. The van der Waals surface area contributed by atoms with Gasteiger partial charge in [0.05, 0.1) is 24.0 Å². The maximum absolute atomic E-state index is 12.4. The molecule has 11 heteroatoms. The van der Waals surface area contributed by atoms with Crippen LogP contribution in [0.1, 0.15) is 11.1 Å². The van der Waals surface area contributed by atoms with Gasteiger partial charge < -0.3 is 20.2 Å². The van der Waals surface area contributed by atoms with Crippen LogP contribution in [-0.4, -0.2) is 24.1 Å². The number of H-pyrrole nitrogens is 1. The highest BCUT2D eigenvalue weighted by Gasteiger charge is 2.24. The molecule has 3 aromatic rings. The summed E-state index contributed by atoms with van der Waals surface area (Å²) in [5, 5.41) is 30.6.